The van der Waals surface area contributed by atoms with E-state index in [1.54, 1.807) is 11.8 Å². The highest BCUT2D eigenvalue weighted by molar-refractivity contribution is 7.99. The van der Waals surface area contributed by atoms with Crippen LogP contribution in [0.2, 0.25) is 0 Å². The summed E-state index contributed by atoms with van der Waals surface area (Å²) in [7, 11) is 1.13. The lowest BCUT2D eigenvalue weighted by molar-refractivity contribution is 0.0594. The van der Waals surface area contributed by atoms with Crippen LogP contribution >= 0.6 is 11.8 Å². The summed E-state index contributed by atoms with van der Waals surface area (Å²) in [6, 6.07) is 2.75. The fourth-order valence-corrected chi connectivity index (χ4v) is 3.07. The molecule has 104 valence electrons. The molecule has 1 aliphatic rings. The minimum absolute atomic E-state index is 0.0950. The molecule has 1 heterocycles. The van der Waals surface area contributed by atoms with Crippen LogP contribution < -0.4 is 5.32 Å². The summed E-state index contributed by atoms with van der Waals surface area (Å²) in [5, 5.41) is 2.99. The summed E-state index contributed by atoms with van der Waals surface area (Å²) in [5.74, 6) is -1.09. The molecule has 1 fully saturated rings. The van der Waals surface area contributed by atoms with Gasteiger partial charge in [-0.05, 0) is 30.7 Å². The zero-order chi connectivity index (χ0) is 13.8. The van der Waals surface area contributed by atoms with E-state index in [0.29, 0.717) is 0 Å². The Morgan fingerprint density at radius 1 is 1.42 bits per heavy atom. The molecule has 0 spiro atoms. The molecular formula is C13H15F2NO2S. The van der Waals surface area contributed by atoms with Gasteiger partial charge in [0, 0.05) is 11.8 Å². The van der Waals surface area contributed by atoms with E-state index < -0.39 is 17.6 Å². The zero-order valence-corrected chi connectivity index (χ0v) is 11.4. The lowest BCUT2D eigenvalue weighted by Gasteiger charge is -2.24. The number of rotatable bonds is 3. The van der Waals surface area contributed by atoms with Crippen LogP contribution in [0.25, 0.3) is 0 Å². The smallest absolute Gasteiger partial charge is 0.340 e. The highest BCUT2D eigenvalue weighted by atomic mass is 32.2. The van der Waals surface area contributed by atoms with Crippen molar-refractivity contribution in [3.05, 3.63) is 29.3 Å². The molecule has 1 unspecified atom stereocenters. The molecular weight excluding hydrogens is 272 g/mol. The number of hydrogen-bond donors (Lipinski definition) is 1. The maximum Gasteiger partial charge on any atom is 0.340 e. The lowest BCUT2D eigenvalue weighted by atomic mass is 10.1. The van der Waals surface area contributed by atoms with E-state index in [1.807, 2.05) is 0 Å². The monoisotopic (exact) mass is 287 g/mol. The molecule has 0 saturated carbocycles. The maximum absolute atomic E-state index is 13.9. The van der Waals surface area contributed by atoms with Gasteiger partial charge in [-0.1, -0.05) is 0 Å². The van der Waals surface area contributed by atoms with Gasteiger partial charge in [0.05, 0.1) is 18.4 Å². The highest BCUT2D eigenvalue weighted by Crippen LogP contribution is 2.25. The summed E-state index contributed by atoms with van der Waals surface area (Å²) in [6.07, 6.45) is 2.00. The lowest BCUT2D eigenvalue weighted by Crippen LogP contribution is -2.26. The van der Waals surface area contributed by atoms with Crippen LogP contribution in [0.1, 0.15) is 23.2 Å². The molecule has 1 N–H and O–H groups in total. The maximum atomic E-state index is 13.9. The standard InChI is InChI=1S/C13H15F2NO2S/c1-18-13(17)9-4-5-10(12(15)11(9)14)16-8-3-2-6-19-7-8/h4-5,8,16H,2-3,6-7H2,1H3. The van der Waals surface area contributed by atoms with Gasteiger partial charge < -0.3 is 10.1 Å². The van der Waals surface area contributed by atoms with Gasteiger partial charge in [-0.15, -0.1) is 0 Å². The topological polar surface area (TPSA) is 38.3 Å². The Morgan fingerprint density at radius 3 is 2.84 bits per heavy atom. The number of carbonyl (C=O) groups is 1. The Morgan fingerprint density at radius 2 is 2.21 bits per heavy atom. The van der Waals surface area contributed by atoms with E-state index in [-0.39, 0.29) is 17.3 Å². The number of nitrogens with one attached hydrogen (secondary N) is 1. The van der Waals surface area contributed by atoms with Crippen LogP contribution in [0.4, 0.5) is 14.5 Å². The van der Waals surface area contributed by atoms with Crippen molar-refractivity contribution >= 4 is 23.4 Å². The van der Waals surface area contributed by atoms with Crippen LogP contribution in [0, 0.1) is 11.6 Å². The Balaban J connectivity index is 2.18. The fourth-order valence-electron chi connectivity index (χ4n) is 2.00. The predicted molar refractivity (Wildman–Crippen MR) is 71.7 cm³/mol. The molecule has 1 aromatic rings. The molecule has 3 nitrogen and oxygen atoms in total. The second-order valence-electron chi connectivity index (χ2n) is 4.34. The quantitative estimate of drug-likeness (QED) is 0.867. The van der Waals surface area contributed by atoms with Gasteiger partial charge in [-0.3, -0.25) is 0 Å². The van der Waals surface area contributed by atoms with E-state index in [0.717, 1.165) is 31.5 Å². The number of carbonyl (C=O) groups excluding carboxylic acids is 1. The van der Waals surface area contributed by atoms with Crippen molar-refractivity contribution in [1.82, 2.24) is 0 Å². The molecule has 1 aromatic carbocycles. The van der Waals surface area contributed by atoms with Crippen LogP contribution in [-0.2, 0) is 4.74 Å². The summed E-state index contributed by atoms with van der Waals surface area (Å²) >= 11 is 1.79. The van der Waals surface area contributed by atoms with Crippen molar-refractivity contribution in [2.75, 3.05) is 23.9 Å². The van der Waals surface area contributed by atoms with Gasteiger partial charge in [0.1, 0.15) is 0 Å². The molecule has 0 aliphatic carbocycles. The number of esters is 1. The summed E-state index contributed by atoms with van der Waals surface area (Å²) < 4.78 is 32.0. The van der Waals surface area contributed by atoms with Crippen molar-refractivity contribution in [3.63, 3.8) is 0 Å². The van der Waals surface area contributed by atoms with E-state index in [1.165, 1.54) is 12.1 Å². The Kier molecular flexibility index (Phi) is 4.63. The Hall–Kier alpha value is -1.30. The number of hydrogen-bond acceptors (Lipinski definition) is 4. The first-order valence-electron chi connectivity index (χ1n) is 6.04. The van der Waals surface area contributed by atoms with E-state index in [2.05, 4.69) is 10.1 Å². The fraction of sp³-hybridized carbons (Fsp3) is 0.462. The summed E-state index contributed by atoms with van der Waals surface area (Å²) in [4.78, 5) is 11.2. The normalized spacial score (nSPS) is 19.0. The van der Waals surface area contributed by atoms with Crippen LogP contribution in [0.15, 0.2) is 12.1 Å². The van der Waals surface area contributed by atoms with E-state index >= 15 is 0 Å². The first-order valence-corrected chi connectivity index (χ1v) is 7.19. The van der Waals surface area contributed by atoms with Gasteiger partial charge in [0.15, 0.2) is 11.6 Å². The zero-order valence-electron chi connectivity index (χ0n) is 10.5. The van der Waals surface area contributed by atoms with Crippen LogP contribution in [0.3, 0.4) is 0 Å². The molecule has 0 amide bonds. The number of anilines is 1. The highest BCUT2D eigenvalue weighted by Gasteiger charge is 2.21. The molecule has 1 atom stereocenters. The van der Waals surface area contributed by atoms with Gasteiger partial charge in [-0.25, -0.2) is 13.6 Å². The molecule has 6 heteroatoms. The minimum Gasteiger partial charge on any atom is -0.465 e. The first-order chi connectivity index (χ1) is 9.13. The molecule has 0 bridgehead atoms. The van der Waals surface area contributed by atoms with Gasteiger partial charge in [0.25, 0.3) is 0 Å². The third kappa shape index (κ3) is 3.18. The van der Waals surface area contributed by atoms with Crippen molar-refractivity contribution in [1.29, 1.82) is 0 Å². The van der Waals surface area contributed by atoms with E-state index in [4.69, 9.17) is 0 Å². The van der Waals surface area contributed by atoms with Crippen molar-refractivity contribution in [3.8, 4) is 0 Å². The number of ether oxygens (including phenoxy) is 1. The van der Waals surface area contributed by atoms with Gasteiger partial charge in [-0.2, -0.15) is 11.8 Å². The minimum atomic E-state index is -1.17. The number of benzene rings is 1. The second-order valence-corrected chi connectivity index (χ2v) is 5.49. The first kappa shape index (κ1) is 14.1. The van der Waals surface area contributed by atoms with Crippen LogP contribution in [0.5, 0.6) is 0 Å². The average molecular weight is 287 g/mol. The summed E-state index contributed by atoms with van der Waals surface area (Å²) in [5.41, 5.74) is -0.291. The van der Waals surface area contributed by atoms with E-state index in [9.17, 15) is 13.6 Å². The largest absolute Gasteiger partial charge is 0.465 e. The molecule has 2 rings (SSSR count). The van der Waals surface area contributed by atoms with Gasteiger partial charge >= 0.3 is 5.97 Å². The predicted octanol–water partition coefficient (Wildman–Crippen LogP) is 3.06. The third-order valence-electron chi connectivity index (χ3n) is 3.01. The number of methoxy groups -OCH3 is 1. The van der Waals surface area contributed by atoms with Crippen LogP contribution in [-0.4, -0.2) is 30.6 Å². The molecule has 1 aliphatic heterocycles. The Labute approximate surface area is 114 Å². The van der Waals surface area contributed by atoms with Crippen molar-refractivity contribution < 1.29 is 18.3 Å². The van der Waals surface area contributed by atoms with Gasteiger partial charge in [0.2, 0.25) is 0 Å². The second kappa shape index (κ2) is 6.23. The molecule has 1 saturated heterocycles. The van der Waals surface area contributed by atoms with Crippen molar-refractivity contribution in [2.24, 2.45) is 0 Å². The third-order valence-corrected chi connectivity index (χ3v) is 4.22. The Bertz CT molecular complexity index is 476. The average Bonchev–Trinajstić information content (AvgIpc) is 2.44. The molecule has 0 radical (unpaired) electrons. The summed E-state index contributed by atoms with van der Waals surface area (Å²) in [6.45, 7) is 0. The molecule has 0 aromatic heterocycles. The SMILES string of the molecule is COC(=O)c1ccc(NC2CCCSC2)c(F)c1F. The number of halogens is 2. The molecule has 19 heavy (non-hydrogen) atoms. The number of thioether (sulfide) groups is 1. The van der Waals surface area contributed by atoms with Crippen molar-refractivity contribution in [2.45, 2.75) is 18.9 Å².